The van der Waals surface area contributed by atoms with Gasteiger partial charge < -0.3 is 5.11 Å². The van der Waals surface area contributed by atoms with Gasteiger partial charge in [-0.25, -0.2) is 0 Å². The van der Waals surface area contributed by atoms with Crippen LogP contribution in [-0.2, 0) is 4.79 Å². The average Bonchev–Trinajstić information content (AvgIpc) is 3.23. The smallest absolute Gasteiger partial charge is 0.309 e. The minimum absolute atomic E-state index is 0.404. The van der Waals surface area contributed by atoms with Crippen LogP contribution in [0.1, 0.15) is 32.6 Å². The Morgan fingerprint density at radius 3 is 2.33 bits per heavy atom. The van der Waals surface area contributed by atoms with Crippen molar-refractivity contribution in [1.29, 1.82) is 0 Å². The van der Waals surface area contributed by atoms with E-state index in [1.165, 1.54) is 19.3 Å². The average molecular weight is 284 g/mol. The number of rotatable bonds is 1. The molecule has 0 aromatic rings. The van der Waals surface area contributed by atoms with Gasteiger partial charge in [0, 0.05) is 0 Å². The standard InChI is InChI=1S/C19H24O2/c1-19(18(20)21)7-10-5-13(19)17-12-6-11(16(10)17)14-8-2-3-9(4-8)15(12)14/h2-3,8-17H,4-7H2,1H3,(H,20,21). The van der Waals surface area contributed by atoms with E-state index < -0.39 is 11.4 Å². The lowest BCUT2D eigenvalue weighted by Crippen LogP contribution is -2.47. The molecule has 21 heavy (non-hydrogen) atoms. The van der Waals surface area contributed by atoms with E-state index in [1.807, 2.05) is 0 Å². The number of allylic oxidation sites excluding steroid dienone is 2. The summed E-state index contributed by atoms with van der Waals surface area (Å²) in [5.41, 5.74) is -0.404. The third-order valence-corrected chi connectivity index (χ3v) is 9.11. The van der Waals surface area contributed by atoms with Gasteiger partial charge in [-0.15, -0.1) is 0 Å². The van der Waals surface area contributed by atoms with Gasteiger partial charge in [0.1, 0.15) is 0 Å². The van der Waals surface area contributed by atoms with Gasteiger partial charge in [0.05, 0.1) is 5.41 Å². The van der Waals surface area contributed by atoms with Gasteiger partial charge in [0.15, 0.2) is 0 Å². The van der Waals surface area contributed by atoms with Gasteiger partial charge in [-0.3, -0.25) is 4.79 Å². The molecule has 0 heterocycles. The molecule has 0 aromatic carbocycles. The van der Waals surface area contributed by atoms with E-state index in [0.29, 0.717) is 5.92 Å². The van der Waals surface area contributed by atoms with E-state index in [-0.39, 0.29) is 0 Å². The Morgan fingerprint density at radius 2 is 1.67 bits per heavy atom. The Balaban J connectivity index is 1.43. The van der Waals surface area contributed by atoms with Crippen LogP contribution in [-0.4, -0.2) is 11.1 Å². The van der Waals surface area contributed by atoms with Crippen LogP contribution in [0, 0.1) is 64.6 Å². The summed E-state index contributed by atoms with van der Waals surface area (Å²) in [5.74, 6) is 7.88. The van der Waals surface area contributed by atoms with Crippen molar-refractivity contribution < 1.29 is 9.90 Å². The second-order valence-corrected chi connectivity index (χ2v) is 9.35. The van der Waals surface area contributed by atoms with Gasteiger partial charge in [0.25, 0.3) is 0 Å². The summed E-state index contributed by atoms with van der Waals surface area (Å²) in [6.45, 7) is 2.06. The lowest BCUT2D eigenvalue weighted by molar-refractivity contribution is -0.155. The second kappa shape index (κ2) is 3.26. The lowest BCUT2D eigenvalue weighted by Gasteiger charge is -2.48. The van der Waals surface area contributed by atoms with Crippen molar-refractivity contribution in [2.45, 2.75) is 32.6 Å². The third kappa shape index (κ3) is 1.06. The topological polar surface area (TPSA) is 37.3 Å². The third-order valence-electron chi connectivity index (χ3n) is 9.11. The molecule has 6 aliphatic carbocycles. The van der Waals surface area contributed by atoms with Crippen molar-refractivity contribution in [3.05, 3.63) is 12.2 Å². The summed E-state index contributed by atoms with van der Waals surface area (Å²) in [7, 11) is 0. The van der Waals surface area contributed by atoms with Crippen LogP contribution in [0.25, 0.3) is 0 Å². The lowest BCUT2D eigenvalue weighted by atomic mass is 9.56. The van der Waals surface area contributed by atoms with Gasteiger partial charge in [-0.1, -0.05) is 12.2 Å². The predicted molar refractivity (Wildman–Crippen MR) is 78.3 cm³/mol. The summed E-state index contributed by atoms with van der Waals surface area (Å²) in [4.78, 5) is 11.9. The number of hydrogen-bond donors (Lipinski definition) is 1. The Morgan fingerprint density at radius 1 is 1.00 bits per heavy atom. The van der Waals surface area contributed by atoms with Crippen LogP contribution in [0.15, 0.2) is 12.2 Å². The summed E-state index contributed by atoms with van der Waals surface area (Å²) in [6.07, 6.45) is 10.1. The first-order chi connectivity index (χ1) is 10.1. The molecule has 0 aromatic heterocycles. The monoisotopic (exact) mass is 284 g/mol. The van der Waals surface area contributed by atoms with Gasteiger partial charge in [0.2, 0.25) is 0 Å². The molecule has 5 saturated carbocycles. The van der Waals surface area contributed by atoms with Crippen LogP contribution in [0.5, 0.6) is 0 Å². The molecule has 0 aliphatic heterocycles. The first-order valence-electron chi connectivity index (χ1n) is 9.01. The fraction of sp³-hybridized carbons (Fsp3) is 0.842. The number of carboxylic acid groups (broad SMARTS) is 1. The van der Waals surface area contributed by atoms with Gasteiger partial charge >= 0.3 is 5.97 Å². The van der Waals surface area contributed by atoms with Crippen molar-refractivity contribution in [1.82, 2.24) is 0 Å². The fourth-order valence-corrected chi connectivity index (χ4v) is 8.85. The molecule has 0 spiro atoms. The molecule has 6 bridgehead atoms. The van der Waals surface area contributed by atoms with E-state index in [0.717, 1.165) is 59.7 Å². The minimum Gasteiger partial charge on any atom is -0.481 e. The zero-order valence-corrected chi connectivity index (χ0v) is 12.6. The Bertz CT molecular complexity index is 580. The van der Waals surface area contributed by atoms with Crippen molar-refractivity contribution in [3.63, 3.8) is 0 Å². The Kier molecular flexibility index (Phi) is 1.82. The molecule has 2 heteroatoms. The highest BCUT2D eigenvalue weighted by Gasteiger charge is 2.73. The van der Waals surface area contributed by atoms with Crippen LogP contribution >= 0.6 is 0 Å². The molecule has 6 rings (SSSR count). The molecule has 1 N–H and O–H groups in total. The van der Waals surface area contributed by atoms with Crippen molar-refractivity contribution in [2.24, 2.45) is 64.6 Å². The maximum Gasteiger partial charge on any atom is 0.309 e. The highest BCUT2D eigenvalue weighted by Crippen LogP contribution is 2.77. The highest BCUT2D eigenvalue weighted by atomic mass is 16.4. The van der Waals surface area contributed by atoms with E-state index in [9.17, 15) is 9.90 Å². The molecular formula is C19H24O2. The van der Waals surface area contributed by atoms with Gasteiger partial charge in [-0.05, 0) is 91.8 Å². The first-order valence-corrected chi connectivity index (χ1v) is 9.01. The molecule has 11 atom stereocenters. The zero-order valence-electron chi connectivity index (χ0n) is 12.6. The molecule has 5 fully saturated rings. The van der Waals surface area contributed by atoms with E-state index in [1.54, 1.807) is 0 Å². The predicted octanol–water partition coefficient (Wildman–Crippen LogP) is 3.44. The summed E-state index contributed by atoms with van der Waals surface area (Å²) in [5, 5.41) is 9.77. The van der Waals surface area contributed by atoms with Crippen molar-refractivity contribution in [2.75, 3.05) is 0 Å². The SMILES string of the molecule is CC1(C(=O)O)CC2CC1C1C3CC(C4C5C=CC(C5)C34)C21. The van der Waals surface area contributed by atoms with Crippen LogP contribution in [0.2, 0.25) is 0 Å². The number of fused-ring (bicyclic) bond motifs is 16. The Labute approximate surface area is 126 Å². The summed E-state index contributed by atoms with van der Waals surface area (Å²) < 4.78 is 0. The zero-order chi connectivity index (χ0) is 14.1. The largest absolute Gasteiger partial charge is 0.481 e. The summed E-state index contributed by atoms with van der Waals surface area (Å²) >= 11 is 0. The molecule has 0 radical (unpaired) electrons. The van der Waals surface area contributed by atoms with Crippen molar-refractivity contribution >= 4 is 5.97 Å². The van der Waals surface area contributed by atoms with E-state index in [2.05, 4.69) is 19.1 Å². The fourth-order valence-electron chi connectivity index (χ4n) is 8.85. The number of carbonyl (C=O) groups is 1. The molecule has 0 saturated heterocycles. The number of aliphatic carboxylic acids is 1. The molecule has 0 amide bonds. The normalized spacial score (nSPS) is 67.9. The number of carboxylic acids is 1. The number of hydrogen-bond acceptors (Lipinski definition) is 1. The first kappa shape index (κ1) is 11.7. The Hall–Kier alpha value is -0.790. The van der Waals surface area contributed by atoms with Crippen LogP contribution < -0.4 is 0 Å². The minimum atomic E-state index is -0.513. The maximum atomic E-state index is 11.9. The maximum absolute atomic E-state index is 11.9. The second-order valence-electron chi connectivity index (χ2n) is 9.35. The van der Waals surface area contributed by atoms with Gasteiger partial charge in [-0.2, -0.15) is 0 Å². The van der Waals surface area contributed by atoms with E-state index >= 15 is 0 Å². The van der Waals surface area contributed by atoms with Crippen LogP contribution in [0.4, 0.5) is 0 Å². The molecule has 112 valence electrons. The summed E-state index contributed by atoms with van der Waals surface area (Å²) in [6, 6.07) is 0. The highest BCUT2D eigenvalue weighted by molar-refractivity contribution is 5.75. The van der Waals surface area contributed by atoms with E-state index in [4.69, 9.17) is 0 Å². The molecule has 6 aliphatic rings. The molecule has 11 unspecified atom stereocenters. The molecule has 2 nitrogen and oxygen atoms in total. The van der Waals surface area contributed by atoms with Crippen LogP contribution in [0.3, 0.4) is 0 Å². The van der Waals surface area contributed by atoms with Crippen molar-refractivity contribution in [3.8, 4) is 0 Å². The quantitative estimate of drug-likeness (QED) is 0.591. The molecular weight excluding hydrogens is 260 g/mol.